The van der Waals surface area contributed by atoms with Crippen molar-refractivity contribution in [1.82, 2.24) is 9.80 Å². The quantitative estimate of drug-likeness (QED) is 0.0364. The first-order valence-corrected chi connectivity index (χ1v) is 24.0. The third kappa shape index (κ3) is 10.5. The molecule has 0 bridgehead atoms. The maximum atomic E-state index is 14.7. The second kappa shape index (κ2) is 22.6. The average molecular weight is 986 g/mol. The molecule has 4 amide bonds. The van der Waals surface area contributed by atoms with E-state index in [4.69, 9.17) is 33.2 Å². The van der Waals surface area contributed by atoms with Crippen molar-refractivity contribution in [1.29, 1.82) is 0 Å². The summed E-state index contributed by atoms with van der Waals surface area (Å²) in [4.78, 5) is 63.5. The predicted octanol–water partition coefficient (Wildman–Crippen LogP) is 7.43. The number of nitrogens with zero attached hydrogens (tertiary/aromatic N) is 5. The van der Waals surface area contributed by atoms with Gasteiger partial charge in [0.05, 0.1) is 61.9 Å². The summed E-state index contributed by atoms with van der Waals surface area (Å²) in [6, 6.07) is 46.8. The Hall–Kier alpha value is -7.41. The SMILES string of the molecule is [N-]=[N+]=N[C@@H]1O[C@H](COCc2ccccc2)[C@@H](O[C@@H]2O[C@H](COCc3ccccc3)[C@@H](O)[C@H](OCc3ccccc3)[C@H]2N2C(=O)c3ccccc3C2=O)[C@H](OCc2ccccc2)[C@H]1N1C(=O)c2ccccc2C1=O. The Morgan fingerprint density at radius 3 is 1.30 bits per heavy atom. The molecule has 0 unspecified atom stereocenters. The van der Waals surface area contributed by atoms with Crippen molar-refractivity contribution in [2.24, 2.45) is 5.11 Å². The van der Waals surface area contributed by atoms with Crippen molar-refractivity contribution in [3.05, 3.63) is 225 Å². The zero-order valence-electron chi connectivity index (χ0n) is 39.4. The van der Waals surface area contributed by atoms with Gasteiger partial charge in [-0.15, -0.1) is 0 Å². The van der Waals surface area contributed by atoms with Crippen LogP contribution in [0.2, 0.25) is 0 Å². The van der Waals surface area contributed by atoms with Crippen LogP contribution in [0.3, 0.4) is 0 Å². The van der Waals surface area contributed by atoms with Crippen LogP contribution in [0, 0.1) is 0 Å². The van der Waals surface area contributed by atoms with E-state index in [0.29, 0.717) is 5.56 Å². The smallest absolute Gasteiger partial charge is 0.262 e. The fourth-order valence-corrected chi connectivity index (χ4v) is 9.82. The molecular weight excluding hydrogens is 935 g/mol. The maximum absolute atomic E-state index is 14.7. The van der Waals surface area contributed by atoms with Crippen LogP contribution in [-0.2, 0) is 59.6 Å². The first-order chi connectivity index (χ1) is 35.8. The highest BCUT2D eigenvalue weighted by atomic mass is 16.7. The molecular formula is C56H51N5O12. The van der Waals surface area contributed by atoms with Crippen LogP contribution in [0.25, 0.3) is 10.4 Å². The standard InChI is InChI=1S/C56H51N5O12/c57-59-58-51-45(60-52(63)39-25-13-14-26-40(39)53(60)64)50(70-32-38-23-11-4-12-24-38)48(44(71-51)34-68-30-36-19-7-2-8-20-36)73-56-46(61-54(65)41-27-15-16-28-42(41)55(61)66)49(69-31-37-21-9-3-10-22-37)47(62)43(72-56)33-67-29-35-17-5-1-6-18-35/h1-28,43-51,56,62H,29-34H2/t43-,44-,45-,46-,47-,48-,49-,50-,51-,56+/m1/s1. The molecule has 2 fully saturated rings. The van der Waals surface area contributed by atoms with Gasteiger partial charge in [-0.3, -0.25) is 29.0 Å². The van der Waals surface area contributed by atoms with Crippen molar-refractivity contribution in [3.63, 3.8) is 0 Å². The van der Waals surface area contributed by atoms with Crippen molar-refractivity contribution < 1.29 is 57.4 Å². The lowest BCUT2D eigenvalue weighted by Crippen LogP contribution is -2.70. The Balaban J connectivity index is 1.09. The molecule has 0 aromatic heterocycles. The number of azide groups is 1. The number of aliphatic hydroxyl groups is 1. The van der Waals surface area contributed by atoms with E-state index in [1.807, 2.05) is 121 Å². The van der Waals surface area contributed by atoms with Crippen molar-refractivity contribution >= 4 is 23.6 Å². The second-order valence-electron chi connectivity index (χ2n) is 18.0. The number of carbonyl (C=O) groups is 4. The highest BCUT2D eigenvalue weighted by Gasteiger charge is 2.59. The molecule has 17 nitrogen and oxygen atoms in total. The summed E-state index contributed by atoms with van der Waals surface area (Å²) >= 11 is 0. The van der Waals surface area contributed by atoms with Crippen molar-refractivity contribution in [3.8, 4) is 0 Å². The van der Waals surface area contributed by atoms with Gasteiger partial charge in [-0.2, -0.15) is 0 Å². The molecule has 0 saturated carbocycles. The molecule has 0 radical (unpaired) electrons. The number of fused-ring (bicyclic) bond motifs is 2. The van der Waals surface area contributed by atoms with E-state index in [1.54, 1.807) is 24.3 Å². The molecule has 10 rings (SSSR count). The highest BCUT2D eigenvalue weighted by molar-refractivity contribution is 6.22. The fourth-order valence-electron chi connectivity index (χ4n) is 9.82. The van der Waals surface area contributed by atoms with Gasteiger partial charge in [-0.25, -0.2) is 0 Å². The molecule has 1 N–H and O–H groups in total. The van der Waals surface area contributed by atoms with Crippen LogP contribution in [0.5, 0.6) is 0 Å². The van der Waals surface area contributed by atoms with E-state index >= 15 is 0 Å². The van der Waals surface area contributed by atoms with Crippen LogP contribution in [0.15, 0.2) is 175 Å². The minimum Gasteiger partial charge on any atom is -0.388 e. The lowest BCUT2D eigenvalue weighted by molar-refractivity contribution is -0.332. The monoisotopic (exact) mass is 985 g/mol. The van der Waals surface area contributed by atoms with Crippen LogP contribution in [0.4, 0.5) is 0 Å². The minimum absolute atomic E-state index is 0.0620. The van der Waals surface area contributed by atoms with Crippen molar-refractivity contribution in [2.75, 3.05) is 13.2 Å². The Morgan fingerprint density at radius 2 is 0.863 bits per heavy atom. The number of hydrogen-bond acceptors (Lipinski definition) is 13. The summed E-state index contributed by atoms with van der Waals surface area (Å²) in [5.41, 5.74) is 13.7. The third-order valence-corrected chi connectivity index (χ3v) is 13.3. The first kappa shape index (κ1) is 49.2. The number of hydrogen-bond donors (Lipinski definition) is 1. The lowest BCUT2D eigenvalue weighted by Gasteiger charge is -2.51. The number of ether oxygens (including phenoxy) is 7. The summed E-state index contributed by atoms with van der Waals surface area (Å²) < 4.78 is 46.7. The highest BCUT2D eigenvalue weighted by Crippen LogP contribution is 2.40. The number of rotatable bonds is 19. The van der Waals surface area contributed by atoms with Crippen molar-refractivity contribution in [2.45, 2.75) is 87.7 Å². The Bertz CT molecular complexity index is 2880. The zero-order valence-corrected chi connectivity index (χ0v) is 39.4. The van der Waals surface area contributed by atoms with Crippen LogP contribution < -0.4 is 0 Å². The Kier molecular flexibility index (Phi) is 15.2. The van der Waals surface area contributed by atoms with Gasteiger partial charge in [0.15, 0.2) is 12.5 Å². The lowest BCUT2D eigenvalue weighted by atomic mass is 9.92. The molecule has 10 atom stereocenters. The van der Waals surface area contributed by atoms with E-state index in [2.05, 4.69) is 10.0 Å². The van der Waals surface area contributed by atoms with Gasteiger partial charge in [0, 0.05) is 4.91 Å². The van der Waals surface area contributed by atoms with Gasteiger partial charge in [-0.05, 0) is 52.1 Å². The van der Waals surface area contributed by atoms with E-state index in [9.17, 15) is 29.8 Å². The van der Waals surface area contributed by atoms with E-state index < -0.39 is 84.9 Å². The summed E-state index contributed by atoms with van der Waals surface area (Å²) in [6.45, 7) is -0.348. The molecule has 4 aliphatic heterocycles. The molecule has 4 heterocycles. The summed E-state index contributed by atoms with van der Waals surface area (Å²) in [6.07, 6.45) is -11.4. The average Bonchev–Trinajstić information content (AvgIpc) is 3.83. The van der Waals surface area contributed by atoms with Gasteiger partial charge >= 0.3 is 0 Å². The molecule has 0 spiro atoms. The molecule has 17 heteroatoms. The Morgan fingerprint density at radius 1 is 0.479 bits per heavy atom. The largest absolute Gasteiger partial charge is 0.388 e. The topological polar surface area (TPSA) is 208 Å². The predicted molar refractivity (Wildman–Crippen MR) is 261 cm³/mol. The van der Waals surface area contributed by atoms with Gasteiger partial charge in [-0.1, -0.05) is 151 Å². The molecule has 4 aliphatic rings. The molecule has 73 heavy (non-hydrogen) atoms. The summed E-state index contributed by atoms with van der Waals surface area (Å²) in [5.74, 6) is -2.75. The zero-order chi connectivity index (χ0) is 50.3. The van der Waals surface area contributed by atoms with E-state index in [-0.39, 0.29) is 61.9 Å². The maximum Gasteiger partial charge on any atom is 0.262 e. The van der Waals surface area contributed by atoms with Gasteiger partial charge in [0.25, 0.3) is 23.6 Å². The normalized spacial score (nSPS) is 25.6. The molecule has 372 valence electrons. The van der Waals surface area contributed by atoms with E-state index in [1.165, 1.54) is 24.3 Å². The number of benzene rings is 6. The number of aliphatic hydroxyl groups excluding tert-OH is 1. The summed E-state index contributed by atoms with van der Waals surface area (Å²) in [7, 11) is 0. The van der Waals surface area contributed by atoms with E-state index in [0.717, 1.165) is 26.5 Å². The summed E-state index contributed by atoms with van der Waals surface area (Å²) in [5, 5.41) is 16.5. The fraction of sp³-hybridized carbons (Fsp3) is 0.286. The van der Waals surface area contributed by atoms with Crippen LogP contribution >= 0.6 is 0 Å². The molecule has 0 aliphatic carbocycles. The number of carbonyl (C=O) groups excluding carboxylic acids is 4. The number of amides is 4. The Labute approximate surface area is 420 Å². The van der Waals surface area contributed by atoms with Gasteiger partial charge < -0.3 is 38.3 Å². The molecule has 6 aromatic carbocycles. The second-order valence-corrected chi connectivity index (χ2v) is 18.0. The van der Waals surface area contributed by atoms with Crippen LogP contribution in [-0.4, -0.2) is 113 Å². The van der Waals surface area contributed by atoms with Gasteiger partial charge in [0.1, 0.15) is 48.7 Å². The van der Waals surface area contributed by atoms with Crippen LogP contribution in [0.1, 0.15) is 63.7 Å². The molecule has 2 saturated heterocycles. The van der Waals surface area contributed by atoms with Gasteiger partial charge in [0.2, 0.25) is 0 Å². The first-order valence-electron chi connectivity index (χ1n) is 24.0. The molecule has 6 aromatic rings. The minimum atomic E-state index is -1.66. The third-order valence-electron chi connectivity index (χ3n) is 13.3. The number of imide groups is 2.